The van der Waals surface area contributed by atoms with Gasteiger partial charge in [-0.25, -0.2) is 24.1 Å². The molecule has 0 atom stereocenters. The number of ether oxygens (including phenoxy) is 1. The smallest absolute Gasteiger partial charge is 0.416 e. The molecule has 0 unspecified atom stereocenters. The maximum atomic E-state index is 13.9. The predicted molar refractivity (Wildman–Crippen MR) is 121 cm³/mol. The molecule has 0 saturated carbocycles. The number of carbonyl (C=O) groups is 1. The maximum absolute atomic E-state index is 13.9. The highest BCUT2D eigenvalue weighted by molar-refractivity contribution is 6.00. The van der Waals surface area contributed by atoms with Gasteiger partial charge in [-0.15, -0.1) is 0 Å². The molecular weight excluding hydrogens is 466 g/mol. The molecule has 0 radical (unpaired) electrons. The van der Waals surface area contributed by atoms with E-state index in [2.05, 4.69) is 25.6 Å². The lowest BCUT2D eigenvalue weighted by Gasteiger charge is -2.14. The Morgan fingerprint density at radius 3 is 2.51 bits per heavy atom. The Hall–Kier alpha value is -4.54. The molecule has 2 amide bonds. The third kappa shape index (κ3) is 5.69. The molecule has 2 N–H and O–H groups in total. The van der Waals surface area contributed by atoms with Crippen LogP contribution in [-0.4, -0.2) is 21.0 Å². The number of aromatic nitrogens is 3. The summed E-state index contributed by atoms with van der Waals surface area (Å²) in [5.41, 5.74) is 0.546. The number of carbonyl (C=O) groups excluding carboxylic acids is 1. The highest BCUT2D eigenvalue weighted by atomic mass is 19.4. The second-order valence-electron chi connectivity index (χ2n) is 7.30. The summed E-state index contributed by atoms with van der Waals surface area (Å²) in [4.78, 5) is 24.6. The lowest BCUT2D eigenvalue weighted by atomic mass is 10.1. The fraction of sp³-hybridized carbons (Fsp3) is 0.0833. The number of hydrogen-bond donors (Lipinski definition) is 2. The average Bonchev–Trinajstić information content (AvgIpc) is 2.82. The number of hydrogen-bond acceptors (Lipinski definition) is 5. The number of amides is 2. The summed E-state index contributed by atoms with van der Waals surface area (Å²) in [7, 11) is 0. The van der Waals surface area contributed by atoms with Crippen molar-refractivity contribution >= 4 is 17.4 Å². The number of nitrogens with zero attached hydrogens (tertiary/aromatic N) is 3. The first-order chi connectivity index (χ1) is 16.7. The second-order valence-corrected chi connectivity index (χ2v) is 7.30. The minimum absolute atomic E-state index is 0.313. The van der Waals surface area contributed by atoms with Crippen LogP contribution in [0, 0.1) is 12.7 Å². The van der Waals surface area contributed by atoms with Gasteiger partial charge in [-0.05, 0) is 67.1 Å². The number of aryl methyl sites for hydroxylation is 1. The van der Waals surface area contributed by atoms with Crippen molar-refractivity contribution in [2.75, 3.05) is 10.6 Å². The van der Waals surface area contributed by atoms with Gasteiger partial charge in [0.1, 0.15) is 17.9 Å². The van der Waals surface area contributed by atoms with E-state index in [1.54, 1.807) is 49.6 Å². The van der Waals surface area contributed by atoms with Crippen molar-refractivity contribution in [2.45, 2.75) is 13.1 Å². The van der Waals surface area contributed by atoms with Gasteiger partial charge in [-0.1, -0.05) is 0 Å². The van der Waals surface area contributed by atoms with Gasteiger partial charge in [0.2, 0.25) is 5.88 Å². The van der Waals surface area contributed by atoms with Gasteiger partial charge in [-0.2, -0.15) is 13.2 Å². The Kier molecular flexibility index (Phi) is 6.58. The van der Waals surface area contributed by atoms with Crippen LogP contribution in [-0.2, 0) is 6.18 Å². The molecule has 0 aliphatic rings. The Labute approximate surface area is 196 Å². The first-order valence-electron chi connectivity index (χ1n) is 10.2. The van der Waals surface area contributed by atoms with Crippen molar-refractivity contribution in [2.24, 2.45) is 0 Å². The van der Waals surface area contributed by atoms with E-state index in [4.69, 9.17) is 4.74 Å². The molecule has 178 valence electrons. The van der Waals surface area contributed by atoms with Gasteiger partial charge >= 0.3 is 12.2 Å². The van der Waals surface area contributed by atoms with Crippen LogP contribution in [0.2, 0.25) is 0 Å². The van der Waals surface area contributed by atoms with Gasteiger partial charge in [-0.3, -0.25) is 0 Å². The van der Waals surface area contributed by atoms with Crippen LogP contribution in [0.4, 0.5) is 33.7 Å². The highest BCUT2D eigenvalue weighted by Gasteiger charge is 2.31. The minimum atomic E-state index is -4.67. The van der Waals surface area contributed by atoms with E-state index in [0.29, 0.717) is 52.3 Å². The predicted octanol–water partition coefficient (Wildman–Crippen LogP) is 6.44. The SMILES string of the molecule is Cc1cc(NC(=O)Nc2cc(C(F)(F)F)ccc2F)ccc1Oc1ncccc1-c1ccncn1. The van der Waals surface area contributed by atoms with E-state index in [1.165, 1.54) is 12.4 Å². The van der Waals surface area contributed by atoms with Gasteiger partial charge in [0.25, 0.3) is 0 Å². The van der Waals surface area contributed by atoms with E-state index >= 15 is 0 Å². The number of nitrogens with one attached hydrogen (secondary N) is 2. The zero-order valence-corrected chi connectivity index (χ0v) is 18.1. The largest absolute Gasteiger partial charge is 0.438 e. The van der Waals surface area contributed by atoms with Crippen LogP contribution in [0.5, 0.6) is 11.6 Å². The molecule has 35 heavy (non-hydrogen) atoms. The summed E-state index contributed by atoms with van der Waals surface area (Å²) in [6, 6.07) is 10.8. The Bertz CT molecular complexity index is 1360. The molecular formula is C24H17F4N5O2. The van der Waals surface area contributed by atoms with E-state index < -0.39 is 29.3 Å². The summed E-state index contributed by atoms with van der Waals surface area (Å²) in [5.74, 6) is -0.232. The molecule has 2 aromatic carbocycles. The van der Waals surface area contributed by atoms with Crippen molar-refractivity contribution in [3.8, 4) is 22.9 Å². The Morgan fingerprint density at radius 2 is 1.80 bits per heavy atom. The summed E-state index contributed by atoms with van der Waals surface area (Å²) < 4.78 is 58.5. The normalized spacial score (nSPS) is 11.1. The van der Waals surface area contributed by atoms with Crippen LogP contribution in [0.1, 0.15) is 11.1 Å². The summed E-state index contributed by atoms with van der Waals surface area (Å²) in [5, 5.41) is 4.55. The first-order valence-corrected chi connectivity index (χ1v) is 10.2. The van der Waals surface area contributed by atoms with E-state index in [0.717, 1.165) is 0 Å². The molecule has 0 fully saturated rings. The third-order valence-electron chi connectivity index (χ3n) is 4.81. The number of alkyl halides is 3. The molecule has 4 aromatic rings. The van der Waals surface area contributed by atoms with Gasteiger partial charge in [0, 0.05) is 18.1 Å². The Balaban J connectivity index is 1.48. The Morgan fingerprint density at radius 1 is 0.971 bits per heavy atom. The first kappa shape index (κ1) is 23.6. The minimum Gasteiger partial charge on any atom is -0.438 e. The fourth-order valence-electron chi connectivity index (χ4n) is 3.14. The van der Waals surface area contributed by atoms with Crippen LogP contribution in [0.15, 0.2) is 73.3 Å². The van der Waals surface area contributed by atoms with Crippen molar-refractivity contribution in [1.82, 2.24) is 15.0 Å². The van der Waals surface area contributed by atoms with Crippen LogP contribution >= 0.6 is 0 Å². The number of urea groups is 1. The highest BCUT2D eigenvalue weighted by Crippen LogP contribution is 2.33. The molecule has 0 spiro atoms. The van der Waals surface area contributed by atoms with Crippen LogP contribution < -0.4 is 15.4 Å². The molecule has 2 heterocycles. The van der Waals surface area contributed by atoms with E-state index in [9.17, 15) is 22.4 Å². The average molecular weight is 483 g/mol. The molecule has 7 nitrogen and oxygen atoms in total. The van der Waals surface area contributed by atoms with Crippen LogP contribution in [0.25, 0.3) is 11.3 Å². The van der Waals surface area contributed by atoms with Gasteiger partial charge < -0.3 is 15.4 Å². The molecule has 4 rings (SSSR count). The van der Waals surface area contributed by atoms with E-state index in [1.807, 2.05) is 0 Å². The van der Waals surface area contributed by atoms with Crippen LogP contribution in [0.3, 0.4) is 0 Å². The molecule has 11 heteroatoms. The van der Waals surface area contributed by atoms with Crippen molar-refractivity contribution < 1.29 is 27.1 Å². The quantitative estimate of drug-likeness (QED) is 0.319. The number of pyridine rings is 1. The summed E-state index contributed by atoms with van der Waals surface area (Å²) in [6.07, 6.45) is -0.0910. The molecule has 0 saturated heterocycles. The second kappa shape index (κ2) is 9.75. The topological polar surface area (TPSA) is 89.0 Å². The third-order valence-corrected chi connectivity index (χ3v) is 4.81. The lowest BCUT2D eigenvalue weighted by Crippen LogP contribution is -2.20. The summed E-state index contributed by atoms with van der Waals surface area (Å²) in [6.45, 7) is 1.73. The maximum Gasteiger partial charge on any atom is 0.416 e. The summed E-state index contributed by atoms with van der Waals surface area (Å²) >= 11 is 0. The van der Waals surface area contributed by atoms with E-state index in [-0.39, 0.29) is 0 Å². The molecule has 0 bridgehead atoms. The molecule has 0 aliphatic carbocycles. The van der Waals surface area contributed by atoms with Gasteiger partial charge in [0.15, 0.2) is 0 Å². The zero-order chi connectivity index (χ0) is 25.0. The monoisotopic (exact) mass is 483 g/mol. The number of anilines is 2. The number of halogens is 4. The number of benzene rings is 2. The lowest BCUT2D eigenvalue weighted by molar-refractivity contribution is -0.137. The van der Waals surface area contributed by atoms with Gasteiger partial charge in [0.05, 0.1) is 22.5 Å². The van der Waals surface area contributed by atoms with Crippen molar-refractivity contribution in [3.05, 3.63) is 90.3 Å². The zero-order valence-electron chi connectivity index (χ0n) is 18.1. The molecule has 2 aromatic heterocycles. The standard InChI is InChI=1S/C24H17F4N5O2/c1-14-11-16(32-23(34)33-20-12-15(24(26,27)28)4-6-18(20)25)5-7-21(14)35-22-17(3-2-9-30-22)19-8-10-29-13-31-19/h2-13H,1H3,(H2,32,33,34). The van der Waals surface area contributed by atoms with Crippen molar-refractivity contribution in [1.29, 1.82) is 0 Å². The number of rotatable bonds is 5. The molecule has 0 aliphatic heterocycles. The van der Waals surface area contributed by atoms with Crippen molar-refractivity contribution in [3.63, 3.8) is 0 Å². The fourth-order valence-corrected chi connectivity index (χ4v) is 3.14.